The molecule has 0 aliphatic carbocycles. The van der Waals surface area contributed by atoms with Gasteiger partial charge in [0.2, 0.25) is 5.91 Å². The highest BCUT2D eigenvalue weighted by atomic mass is 16.1. The minimum Gasteiger partial charge on any atom is -0.353 e. The number of pyridine rings is 1. The summed E-state index contributed by atoms with van der Waals surface area (Å²) in [6.07, 6.45) is 10.4. The first-order valence-corrected chi connectivity index (χ1v) is 6.98. The smallest absolute Gasteiger partial charge is 0.220 e. The lowest BCUT2D eigenvalue weighted by Gasteiger charge is -2.24. The van der Waals surface area contributed by atoms with Crippen LogP contribution >= 0.6 is 0 Å². The van der Waals surface area contributed by atoms with Crippen molar-refractivity contribution in [3.8, 4) is 0 Å². The van der Waals surface area contributed by atoms with Crippen LogP contribution in [0, 0.1) is 0 Å². The summed E-state index contributed by atoms with van der Waals surface area (Å²) in [6.45, 7) is 0.935. The van der Waals surface area contributed by atoms with E-state index in [-0.39, 0.29) is 11.9 Å². The van der Waals surface area contributed by atoms with Crippen LogP contribution in [-0.4, -0.2) is 26.5 Å². The summed E-state index contributed by atoms with van der Waals surface area (Å²) in [5.41, 5.74) is 2.35. The molecule has 1 amide bonds. The number of hydrogen-bond acceptors (Lipinski definition) is 3. The molecule has 1 aliphatic rings. The van der Waals surface area contributed by atoms with E-state index >= 15 is 0 Å². The van der Waals surface area contributed by atoms with E-state index in [4.69, 9.17) is 0 Å². The molecule has 5 heteroatoms. The Labute approximate surface area is 118 Å². The maximum atomic E-state index is 12.0. The largest absolute Gasteiger partial charge is 0.353 e. The standard InChI is InChI=1S/C15H18N4O/c20-15(2-1-12-3-6-16-7-4-12)18-13-5-8-19-11-17-10-14(19)9-13/h3-4,6-7,10-11,13H,1-2,5,8-9H2,(H,18,20). The number of nitrogens with zero attached hydrogens (tertiary/aromatic N) is 3. The van der Waals surface area contributed by atoms with Gasteiger partial charge in [-0.3, -0.25) is 9.78 Å². The molecule has 0 saturated carbocycles. The lowest BCUT2D eigenvalue weighted by molar-refractivity contribution is -0.121. The Morgan fingerprint density at radius 3 is 3.05 bits per heavy atom. The molecule has 0 bridgehead atoms. The summed E-state index contributed by atoms with van der Waals surface area (Å²) >= 11 is 0. The number of imidazole rings is 1. The minimum absolute atomic E-state index is 0.125. The zero-order valence-corrected chi connectivity index (χ0v) is 11.3. The van der Waals surface area contributed by atoms with E-state index in [9.17, 15) is 4.79 Å². The first kappa shape index (κ1) is 12.8. The average Bonchev–Trinajstić information content (AvgIpc) is 2.94. The third-order valence-electron chi connectivity index (χ3n) is 3.73. The second kappa shape index (κ2) is 5.86. The van der Waals surface area contributed by atoms with Crippen LogP contribution in [0.5, 0.6) is 0 Å². The van der Waals surface area contributed by atoms with Gasteiger partial charge in [-0.15, -0.1) is 0 Å². The van der Waals surface area contributed by atoms with Gasteiger partial charge in [0.15, 0.2) is 0 Å². The lowest BCUT2D eigenvalue weighted by atomic mass is 10.0. The van der Waals surface area contributed by atoms with Crippen LogP contribution in [-0.2, 0) is 24.2 Å². The monoisotopic (exact) mass is 270 g/mol. The van der Waals surface area contributed by atoms with E-state index in [1.54, 1.807) is 12.4 Å². The van der Waals surface area contributed by atoms with Gasteiger partial charge in [-0.2, -0.15) is 0 Å². The highest BCUT2D eigenvalue weighted by Gasteiger charge is 2.19. The molecule has 1 unspecified atom stereocenters. The predicted octanol–water partition coefficient (Wildman–Crippen LogP) is 1.34. The van der Waals surface area contributed by atoms with Crippen LogP contribution in [0.2, 0.25) is 0 Å². The molecule has 1 aliphatic heterocycles. The van der Waals surface area contributed by atoms with Gasteiger partial charge in [-0.05, 0) is 30.5 Å². The summed E-state index contributed by atoms with van der Waals surface area (Å²) < 4.78 is 2.15. The third kappa shape index (κ3) is 3.04. The number of carbonyl (C=O) groups excluding carboxylic acids is 1. The van der Waals surface area contributed by atoms with Crippen molar-refractivity contribution in [1.82, 2.24) is 19.9 Å². The summed E-state index contributed by atoms with van der Waals surface area (Å²) in [6, 6.07) is 4.14. The van der Waals surface area contributed by atoms with Crippen molar-refractivity contribution in [2.24, 2.45) is 0 Å². The van der Waals surface area contributed by atoms with Crippen LogP contribution in [0.15, 0.2) is 37.1 Å². The van der Waals surface area contributed by atoms with Gasteiger partial charge >= 0.3 is 0 Å². The molecule has 0 saturated heterocycles. The van der Waals surface area contributed by atoms with Crippen LogP contribution in [0.3, 0.4) is 0 Å². The molecule has 0 aromatic carbocycles. The predicted molar refractivity (Wildman–Crippen MR) is 75.0 cm³/mol. The van der Waals surface area contributed by atoms with Crippen molar-refractivity contribution in [1.29, 1.82) is 0 Å². The first-order chi connectivity index (χ1) is 9.81. The SMILES string of the molecule is O=C(CCc1ccncc1)NC1CCn2cncc2C1. The molecule has 1 atom stereocenters. The van der Waals surface area contributed by atoms with Crippen molar-refractivity contribution in [3.05, 3.63) is 48.3 Å². The third-order valence-corrected chi connectivity index (χ3v) is 3.73. The molecular formula is C15H18N4O. The Morgan fingerprint density at radius 2 is 2.20 bits per heavy atom. The molecule has 1 N–H and O–H groups in total. The molecule has 0 spiro atoms. The van der Waals surface area contributed by atoms with Crippen molar-refractivity contribution in [2.75, 3.05) is 0 Å². The van der Waals surface area contributed by atoms with E-state index < -0.39 is 0 Å². The first-order valence-electron chi connectivity index (χ1n) is 6.98. The fourth-order valence-electron chi connectivity index (χ4n) is 2.60. The van der Waals surface area contributed by atoms with Gasteiger partial charge in [0.1, 0.15) is 0 Å². The Bertz CT molecular complexity index is 579. The van der Waals surface area contributed by atoms with Crippen molar-refractivity contribution >= 4 is 5.91 Å². The van der Waals surface area contributed by atoms with Gasteiger partial charge < -0.3 is 9.88 Å². The van der Waals surface area contributed by atoms with Crippen LogP contribution < -0.4 is 5.32 Å². The van der Waals surface area contributed by atoms with Crippen LogP contribution in [0.25, 0.3) is 0 Å². The number of rotatable bonds is 4. The van der Waals surface area contributed by atoms with E-state index in [0.29, 0.717) is 6.42 Å². The summed E-state index contributed by atoms with van der Waals surface area (Å²) in [5, 5.41) is 3.12. The minimum atomic E-state index is 0.125. The van der Waals surface area contributed by atoms with Gasteiger partial charge in [0.25, 0.3) is 0 Å². The number of carbonyl (C=O) groups is 1. The van der Waals surface area contributed by atoms with Gasteiger partial charge in [0, 0.05) is 49.7 Å². The number of hydrogen-bond donors (Lipinski definition) is 1. The van der Waals surface area contributed by atoms with Crippen molar-refractivity contribution < 1.29 is 4.79 Å². The molecule has 0 radical (unpaired) electrons. The van der Waals surface area contributed by atoms with Crippen molar-refractivity contribution in [2.45, 2.75) is 38.3 Å². The quantitative estimate of drug-likeness (QED) is 0.912. The number of aryl methyl sites for hydroxylation is 2. The van der Waals surface area contributed by atoms with Crippen LogP contribution in [0.1, 0.15) is 24.1 Å². The second-order valence-electron chi connectivity index (χ2n) is 5.19. The Balaban J connectivity index is 1.48. The van der Waals surface area contributed by atoms with E-state index in [1.165, 1.54) is 5.69 Å². The molecule has 104 valence electrons. The molecule has 5 nitrogen and oxygen atoms in total. The summed E-state index contributed by atoms with van der Waals surface area (Å²) in [5.74, 6) is 0.125. The molecule has 3 heterocycles. The highest BCUT2D eigenvalue weighted by molar-refractivity contribution is 5.76. The Morgan fingerprint density at radius 1 is 1.35 bits per heavy atom. The zero-order valence-electron chi connectivity index (χ0n) is 11.3. The van der Waals surface area contributed by atoms with E-state index in [1.807, 2.05) is 24.7 Å². The molecule has 3 rings (SSSR count). The lowest BCUT2D eigenvalue weighted by Crippen LogP contribution is -2.40. The highest BCUT2D eigenvalue weighted by Crippen LogP contribution is 2.14. The van der Waals surface area contributed by atoms with Crippen LogP contribution in [0.4, 0.5) is 0 Å². The zero-order chi connectivity index (χ0) is 13.8. The summed E-state index contributed by atoms with van der Waals surface area (Å²) in [7, 11) is 0. The topological polar surface area (TPSA) is 59.8 Å². The Hall–Kier alpha value is -2.17. The molecule has 2 aromatic rings. The van der Waals surface area contributed by atoms with Gasteiger partial charge in [0.05, 0.1) is 6.33 Å². The molecule has 2 aromatic heterocycles. The normalized spacial score (nSPS) is 17.5. The fraction of sp³-hybridized carbons (Fsp3) is 0.400. The number of fused-ring (bicyclic) bond motifs is 1. The number of amides is 1. The van der Waals surface area contributed by atoms with Gasteiger partial charge in [-0.25, -0.2) is 4.98 Å². The van der Waals surface area contributed by atoms with E-state index in [0.717, 1.165) is 31.4 Å². The molecule has 0 fully saturated rings. The number of nitrogens with one attached hydrogen (secondary N) is 1. The average molecular weight is 270 g/mol. The Kier molecular flexibility index (Phi) is 3.76. The van der Waals surface area contributed by atoms with E-state index in [2.05, 4.69) is 19.9 Å². The van der Waals surface area contributed by atoms with Crippen molar-refractivity contribution in [3.63, 3.8) is 0 Å². The summed E-state index contributed by atoms with van der Waals surface area (Å²) in [4.78, 5) is 20.1. The molecular weight excluding hydrogens is 252 g/mol. The maximum absolute atomic E-state index is 12.0. The van der Waals surface area contributed by atoms with Gasteiger partial charge in [-0.1, -0.05) is 0 Å². The second-order valence-corrected chi connectivity index (χ2v) is 5.19. The maximum Gasteiger partial charge on any atom is 0.220 e. The number of aromatic nitrogens is 3. The molecule has 20 heavy (non-hydrogen) atoms. The fourth-order valence-corrected chi connectivity index (χ4v) is 2.60.